The van der Waals surface area contributed by atoms with E-state index in [2.05, 4.69) is 5.32 Å². The lowest BCUT2D eigenvalue weighted by Crippen LogP contribution is -2.43. The summed E-state index contributed by atoms with van der Waals surface area (Å²) in [5, 5.41) is 2.75. The number of nitrogens with one attached hydrogen (secondary N) is 1. The van der Waals surface area contributed by atoms with Crippen molar-refractivity contribution in [2.75, 3.05) is 16.8 Å². The van der Waals surface area contributed by atoms with Crippen molar-refractivity contribution in [1.29, 1.82) is 0 Å². The van der Waals surface area contributed by atoms with Crippen molar-refractivity contribution in [3.8, 4) is 0 Å². The third-order valence-corrected chi connectivity index (χ3v) is 3.19. The van der Waals surface area contributed by atoms with Gasteiger partial charge in [-0.3, -0.25) is 9.59 Å². The molecule has 1 aliphatic carbocycles. The van der Waals surface area contributed by atoms with Crippen LogP contribution in [0.4, 0.5) is 11.4 Å². The van der Waals surface area contributed by atoms with Crippen molar-refractivity contribution in [1.82, 2.24) is 0 Å². The molecule has 2 aliphatic rings. The summed E-state index contributed by atoms with van der Waals surface area (Å²) in [7, 11) is 0. The fraction of sp³-hybridized carbons (Fsp3) is 0.333. The zero-order valence-corrected chi connectivity index (χ0v) is 9.22. The lowest BCUT2D eigenvalue weighted by atomic mass is 10.1. The van der Waals surface area contributed by atoms with Crippen LogP contribution in [0.25, 0.3) is 0 Å². The number of hydrogen-bond acceptors (Lipinski definition) is 3. The molecule has 0 bridgehead atoms. The van der Waals surface area contributed by atoms with Gasteiger partial charge in [0.1, 0.15) is 6.54 Å². The maximum atomic E-state index is 12.1. The van der Waals surface area contributed by atoms with Crippen molar-refractivity contribution < 1.29 is 9.59 Å². The zero-order valence-electron chi connectivity index (χ0n) is 9.22. The van der Waals surface area contributed by atoms with Gasteiger partial charge in [0, 0.05) is 6.04 Å². The molecular formula is C12H13N3O2. The number of amides is 2. The van der Waals surface area contributed by atoms with Crippen LogP contribution in [0.1, 0.15) is 6.42 Å². The molecule has 0 aromatic heterocycles. The van der Waals surface area contributed by atoms with Crippen LogP contribution in [0, 0.1) is 5.92 Å². The predicted molar refractivity (Wildman–Crippen MR) is 63.5 cm³/mol. The minimum atomic E-state index is -0.161. The number of rotatable bonds is 1. The Bertz CT molecular complexity index is 500. The second-order valence-corrected chi connectivity index (χ2v) is 4.50. The number of carbonyl (C=O) groups excluding carboxylic acids is 2. The standard InChI is InChI=1S/C12H13N3O2/c13-8-5-7(8)12(17)15-6-11(16)14-9-3-1-2-4-10(9)15/h1-4,7-8H,5-6,13H2,(H,14,16). The van der Waals surface area contributed by atoms with Crippen molar-refractivity contribution in [2.45, 2.75) is 12.5 Å². The van der Waals surface area contributed by atoms with Gasteiger partial charge in [0.2, 0.25) is 11.8 Å². The fourth-order valence-electron chi connectivity index (χ4n) is 2.13. The Morgan fingerprint density at radius 2 is 2.12 bits per heavy atom. The smallest absolute Gasteiger partial charge is 0.244 e. The predicted octanol–water partition coefficient (Wildman–Crippen LogP) is 0.319. The van der Waals surface area contributed by atoms with Crippen LogP contribution in [-0.2, 0) is 9.59 Å². The second-order valence-electron chi connectivity index (χ2n) is 4.50. The molecule has 1 fully saturated rings. The first-order valence-electron chi connectivity index (χ1n) is 5.62. The first kappa shape index (κ1) is 10.3. The average Bonchev–Trinajstić information content (AvgIpc) is 3.04. The van der Waals surface area contributed by atoms with E-state index in [0.29, 0.717) is 5.69 Å². The first-order chi connectivity index (χ1) is 8.16. The van der Waals surface area contributed by atoms with Crippen molar-refractivity contribution >= 4 is 23.2 Å². The third-order valence-electron chi connectivity index (χ3n) is 3.19. The Balaban J connectivity index is 1.95. The highest BCUT2D eigenvalue weighted by Gasteiger charge is 2.44. The van der Waals surface area contributed by atoms with E-state index in [1.54, 1.807) is 6.07 Å². The SMILES string of the molecule is NC1CC1C(=O)N1CC(=O)Nc2ccccc21. The fourth-order valence-corrected chi connectivity index (χ4v) is 2.13. The number of nitrogens with two attached hydrogens (primary N) is 1. The number of fused-ring (bicyclic) bond motifs is 1. The molecule has 2 unspecified atom stereocenters. The number of nitrogens with zero attached hydrogens (tertiary/aromatic N) is 1. The number of para-hydroxylation sites is 2. The van der Waals surface area contributed by atoms with E-state index in [4.69, 9.17) is 5.73 Å². The maximum Gasteiger partial charge on any atom is 0.244 e. The quantitative estimate of drug-likeness (QED) is 0.730. The van der Waals surface area contributed by atoms with Gasteiger partial charge in [0.25, 0.3) is 0 Å². The van der Waals surface area contributed by atoms with Crippen LogP contribution >= 0.6 is 0 Å². The highest BCUT2D eigenvalue weighted by atomic mass is 16.2. The van der Waals surface area contributed by atoms with E-state index < -0.39 is 0 Å². The summed E-state index contributed by atoms with van der Waals surface area (Å²) < 4.78 is 0. The molecule has 1 aromatic carbocycles. The molecule has 0 saturated heterocycles. The maximum absolute atomic E-state index is 12.1. The monoisotopic (exact) mass is 231 g/mol. The summed E-state index contributed by atoms with van der Waals surface area (Å²) in [5.74, 6) is -0.319. The molecule has 1 aliphatic heterocycles. The highest BCUT2D eigenvalue weighted by Crippen LogP contribution is 2.35. The van der Waals surface area contributed by atoms with E-state index in [1.807, 2.05) is 18.2 Å². The van der Waals surface area contributed by atoms with Crippen LogP contribution in [-0.4, -0.2) is 24.4 Å². The Morgan fingerprint density at radius 1 is 1.41 bits per heavy atom. The van der Waals surface area contributed by atoms with E-state index >= 15 is 0 Å². The summed E-state index contributed by atoms with van der Waals surface area (Å²) in [6, 6.07) is 7.26. The largest absolute Gasteiger partial charge is 0.327 e. The Morgan fingerprint density at radius 3 is 2.82 bits per heavy atom. The molecule has 5 nitrogen and oxygen atoms in total. The van der Waals surface area contributed by atoms with Crippen LogP contribution < -0.4 is 16.0 Å². The van der Waals surface area contributed by atoms with E-state index in [0.717, 1.165) is 12.1 Å². The summed E-state index contributed by atoms with van der Waals surface area (Å²) in [6.07, 6.45) is 0.721. The van der Waals surface area contributed by atoms with Crippen LogP contribution in [0.2, 0.25) is 0 Å². The molecule has 2 atom stereocenters. The second kappa shape index (κ2) is 3.56. The minimum Gasteiger partial charge on any atom is -0.327 e. The Hall–Kier alpha value is -1.88. The van der Waals surface area contributed by atoms with Gasteiger partial charge in [-0.05, 0) is 18.6 Å². The van der Waals surface area contributed by atoms with E-state index in [-0.39, 0.29) is 30.3 Å². The van der Waals surface area contributed by atoms with Crippen LogP contribution in [0.15, 0.2) is 24.3 Å². The molecule has 88 valence electrons. The topological polar surface area (TPSA) is 75.4 Å². The molecule has 1 saturated carbocycles. The summed E-state index contributed by atoms with van der Waals surface area (Å²) in [4.78, 5) is 25.2. The van der Waals surface area contributed by atoms with Crippen LogP contribution in [0.3, 0.4) is 0 Å². The lowest BCUT2D eigenvalue weighted by molar-refractivity contribution is -0.122. The van der Waals surface area contributed by atoms with Gasteiger partial charge in [-0.1, -0.05) is 12.1 Å². The van der Waals surface area contributed by atoms with Gasteiger partial charge < -0.3 is 16.0 Å². The number of hydrogen-bond donors (Lipinski definition) is 2. The Labute approximate surface area is 98.6 Å². The minimum absolute atomic E-state index is 0.0419. The van der Waals surface area contributed by atoms with Crippen molar-refractivity contribution in [3.05, 3.63) is 24.3 Å². The number of benzene rings is 1. The van der Waals surface area contributed by atoms with Gasteiger partial charge in [0.15, 0.2) is 0 Å². The number of anilines is 2. The van der Waals surface area contributed by atoms with Gasteiger partial charge in [-0.2, -0.15) is 0 Å². The molecule has 5 heteroatoms. The first-order valence-corrected chi connectivity index (χ1v) is 5.62. The highest BCUT2D eigenvalue weighted by molar-refractivity contribution is 6.11. The molecule has 3 rings (SSSR count). The van der Waals surface area contributed by atoms with Crippen LogP contribution in [0.5, 0.6) is 0 Å². The van der Waals surface area contributed by atoms with E-state index in [1.165, 1.54) is 4.90 Å². The average molecular weight is 231 g/mol. The Kier molecular flexibility index (Phi) is 2.16. The molecular weight excluding hydrogens is 218 g/mol. The number of carbonyl (C=O) groups is 2. The molecule has 1 heterocycles. The summed E-state index contributed by atoms with van der Waals surface area (Å²) >= 11 is 0. The zero-order chi connectivity index (χ0) is 12.0. The molecule has 3 N–H and O–H groups in total. The summed E-state index contributed by atoms with van der Waals surface area (Å²) in [6.45, 7) is 0.0824. The van der Waals surface area contributed by atoms with Gasteiger partial charge in [-0.15, -0.1) is 0 Å². The van der Waals surface area contributed by atoms with Gasteiger partial charge >= 0.3 is 0 Å². The van der Waals surface area contributed by atoms with Gasteiger partial charge in [0.05, 0.1) is 17.3 Å². The normalized spacial score (nSPS) is 26.2. The molecule has 0 spiro atoms. The molecule has 17 heavy (non-hydrogen) atoms. The third kappa shape index (κ3) is 1.68. The van der Waals surface area contributed by atoms with Crippen molar-refractivity contribution in [3.63, 3.8) is 0 Å². The lowest BCUT2D eigenvalue weighted by Gasteiger charge is -2.29. The molecule has 2 amide bonds. The van der Waals surface area contributed by atoms with Gasteiger partial charge in [-0.25, -0.2) is 0 Å². The van der Waals surface area contributed by atoms with E-state index in [9.17, 15) is 9.59 Å². The van der Waals surface area contributed by atoms with Crippen molar-refractivity contribution in [2.24, 2.45) is 11.7 Å². The summed E-state index contributed by atoms with van der Waals surface area (Å²) in [5.41, 5.74) is 7.13. The molecule has 1 aromatic rings. The molecule has 0 radical (unpaired) electrons.